The number of aromatic carboxylic acids is 2. The van der Waals surface area contributed by atoms with Gasteiger partial charge in [-0.2, -0.15) is 0 Å². The molecule has 10 heteroatoms. The third kappa shape index (κ3) is 2.87. The number of nitrogens with two attached hydrogens (primary N) is 1. The maximum atomic E-state index is 11.9. The Hall–Kier alpha value is -3.11. The number of nitrogens with one attached hydrogen (secondary N) is 1. The lowest BCUT2D eigenvalue weighted by Gasteiger charge is -2.14. The molecule has 0 atom stereocenters. The molecule has 0 aliphatic carbocycles. The lowest BCUT2D eigenvalue weighted by Crippen LogP contribution is -2.32. The number of nitrogen functional groups attached to an aromatic ring is 1. The average molecular weight is 332 g/mol. The molecule has 0 bridgehead atoms. The summed E-state index contributed by atoms with van der Waals surface area (Å²) in [7, 11) is -1.75. The zero-order chi connectivity index (χ0) is 18.2. The number of rotatable bonds is 4. The summed E-state index contributed by atoms with van der Waals surface area (Å²) in [4.78, 5) is 36.8. The lowest BCUT2D eigenvalue weighted by atomic mass is 9.76. The Morgan fingerprint density at radius 1 is 1.12 bits per heavy atom. The van der Waals surface area contributed by atoms with Gasteiger partial charge in [0.05, 0.1) is 0 Å². The maximum absolute atomic E-state index is 11.9. The van der Waals surface area contributed by atoms with Crippen molar-refractivity contribution < 1.29 is 29.9 Å². The highest BCUT2D eigenvalue weighted by molar-refractivity contribution is 6.59. The quantitative estimate of drug-likeness (QED) is 0.387. The van der Waals surface area contributed by atoms with Gasteiger partial charge >= 0.3 is 19.1 Å². The molecule has 0 amide bonds. The van der Waals surface area contributed by atoms with Gasteiger partial charge in [0.15, 0.2) is 0 Å². The zero-order valence-corrected chi connectivity index (χ0v) is 12.4. The van der Waals surface area contributed by atoms with Crippen LogP contribution < -0.4 is 16.8 Å². The zero-order valence-electron chi connectivity index (χ0n) is 12.4. The molecule has 1 heterocycles. The summed E-state index contributed by atoms with van der Waals surface area (Å²) in [6, 6.07) is 3.93. The van der Waals surface area contributed by atoms with E-state index < -0.39 is 41.6 Å². The molecule has 0 fully saturated rings. The predicted molar refractivity (Wildman–Crippen MR) is 85.4 cm³/mol. The summed E-state index contributed by atoms with van der Waals surface area (Å²) in [5.74, 6) is -3.60. The van der Waals surface area contributed by atoms with Crippen LogP contribution in [0.1, 0.15) is 26.3 Å². The fraction of sp³-hybridized carbons (Fsp3) is 0.0714. The van der Waals surface area contributed by atoms with E-state index >= 15 is 0 Å². The molecular weight excluding hydrogens is 319 g/mol. The van der Waals surface area contributed by atoms with E-state index in [1.165, 1.54) is 25.1 Å². The third-order valence-corrected chi connectivity index (χ3v) is 3.51. The van der Waals surface area contributed by atoms with Crippen molar-refractivity contribution in [2.24, 2.45) is 0 Å². The molecule has 2 rings (SSSR count). The molecule has 0 aliphatic heterocycles. The maximum Gasteiger partial charge on any atom is 0.488 e. The van der Waals surface area contributed by atoms with Gasteiger partial charge < -0.3 is 31.0 Å². The number of hydrogen-bond acceptors (Lipinski definition) is 6. The normalized spacial score (nSPS) is 10.5. The number of pyridine rings is 1. The third-order valence-electron chi connectivity index (χ3n) is 3.51. The van der Waals surface area contributed by atoms with E-state index in [1.807, 2.05) is 4.98 Å². The van der Waals surface area contributed by atoms with Gasteiger partial charge in [0.2, 0.25) is 0 Å². The first kappa shape index (κ1) is 17.3. The first-order valence-electron chi connectivity index (χ1n) is 6.64. The molecule has 0 saturated heterocycles. The molecule has 24 heavy (non-hydrogen) atoms. The SMILES string of the molecule is Cc1cc(-c2c(C(=O)O)c(N)[nH]c(=O)c2C(=O)O)ccc1B(O)O. The number of hydrogen-bond donors (Lipinski definition) is 6. The van der Waals surface area contributed by atoms with Crippen LogP contribution in [0.25, 0.3) is 11.1 Å². The first-order valence-corrected chi connectivity index (χ1v) is 6.64. The first-order chi connectivity index (χ1) is 11.1. The van der Waals surface area contributed by atoms with Crippen molar-refractivity contribution in [1.82, 2.24) is 4.98 Å². The highest BCUT2D eigenvalue weighted by Gasteiger charge is 2.27. The molecule has 1 aromatic carbocycles. The molecular formula is C14H13BN2O7. The molecule has 7 N–H and O–H groups in total. The second-order valence-electron chi connectivity index (χ2n) is 5.05. The Morgan fingerprint density at radius 2 is 1.71 bits per heavy atom. The minimum Gasteiger partial charge on any atom is -0.478 e. The van der Waals surface area contributed by atoms with Crippen molar-refractivity contribution in [3.8, 4) is 11.1 Å². The van der Waals surface area contributed by atoms with Gasteiger partial charge in [-0.1, -0.05) is 23.8 Å². The lowest BCUT2D eigenvalue weighted by molar-refractivity contribution is 0.0695. The van der Waals surface area contributed by atoms with Crippen molar-refractivity contribution in [3.05, 3.63) is 45.2 Å². The Kier molecular flexibility index (Phi) is 4.44. The minimum absolute atomic E-state index is 0.101. The summed E-state index contributed by atoms with van der Waals surface area (Å²) >= 11 is 0. The molecule has 0 spiro atoms. The number of aryl methyl sites for hydroxylation is 1. The van der Waals surface area contributed by atoms with Crippen LogP contribution in [0, 0.1) is 6.92 Å². The van der Waals surface area contributed by atoms with Crippen molar-refractivity contribution in [2.45, 2.75) is 6.92 Å². The summed E-state index contributed by atoms with van der Waals surface area (Å²) in [6.45, 7) is 1.52. The number of anilines is 1. The van der Waals surface area contributed by atoms with Crippen LogP contribution in [0.15, 0.2) is 23.0 Å². The van der Waals surface area contributed by atoms with Gasteiger partial charge in [0.1, 0.15) is 16.9 Å². The highest BCUT2D eigenvalue weighted by Crippen LogP contribution is 2.29. The van der Waals surface area contributed by atoms with Crippen LogP contribution in [-0.4, -0.2) is 44.3 Å². The summed E-state index contributed by atoms with van der Waals surface area (Å²) in [6.07, 6.45) is 0. The molecule has 0 unspecified atom stereocenters. The van der Waals surface area contributed by atoms with Gasteiger partial charge in [-0.05, 0) is 17.9 Å². The molecule has 2 aromatic rings. The number of H-pyrrole nitrogens is 1. The summed E-state index contributed by atoms with van der Waals surface area (Å²) in [5.41, 5.74) is 3.46. The van der Waals surface area contributed by atoms with E-state index in [-0.39, 0.29) is 16.6 Å². The molecule has 0 radical (unpaired) electrons. The predicted octanol–water partition coefficient (Wildman–Crippen LogP) is -0.991. The largest absolute Gasteiger partial charge is 0.488 e. The number of carbonyl (C=O) groups is 2. The van der Waals surface area contributed by atoms with Gasteiger partial charge in [-0.15, -0.1) is 0 Å². The summed E-state index contributed by atoms with van der Waals surface area (Å²) < 4.78 is 0. The second-order valence-corrected chi connectivity index (χ2v) is 5.05. The minimum atomic E-state index is -1.75. The Morgan fingerprint density at radius 3 is 2.17 bits per heavy atom. The number of benzene rings is 1. The standard InChI is InChI=1S/C14H13BN2O7/c1-5-4-6(2-3-7(5)15(23)24)8-9(13(19)20)11(16)17-12(18)10(8)14(21)22/h2-4,23-24H,1H3,(H,19,20)(H,21,22)(H3,16,17,18). The van der Waals surface area contributed by atoms with E-state index in [9.17, 15) is 34.6 Å². The van der Waals surface area contributed by atoms with E-state index in [2.05, 4.69) is 0 Å². The number of carboxylic acids is 2. The Labute approximate surface area is 135 Å². The van der Waals surface area contributed by atoms with E-state index in [0.717, 1.165) is 0 Å². The molecule has 0 aliphatic rings. The second kappa shape index (κ2) is 6.18. The number of carboxylic acid groups (broad SMARTS) is 2. The topological polar surface area (TPSA) is 174 Å². The van der Waals surface area contributed by atoms with Crippen molar-refractivity contribution in [3.63, 3.8) is 0 Å². The van der Waals surface area contributed by atoms with E-state index in [0.29, 0.717) is 5.56 Å². The summed E-state index contributed by atoms with van der Waals surface area (Å²) in [5, 5.41) is 37.1. The van der Waals surface area contributed by atoms with E-state index in [1.54, 1.807) is 0 Å². The van der Waals surface area contributed by atoms with Crippen LogP contribution in [0.4, 0.5) is 5.82 Å². The number of aromatic nitrogens is 1. The van der Waals surface area contributed by atoms with Gasteiger partial charge in [-0.3, -0.25) is 4.79 Å². The van der Waals surface area contributed by atoms with Crippen LogP contribution in [0.2, 0.25) is 0 Å². The van der Waals surface area contributed by atoms with Gasteiger partial charge in [0.25, 0.3) is 5.56 Å². The van der Waals surface area contributed by atoms with Gasteiger partial charge in [-0.25, -0.2) is 9.59 Å². The molecule has 0 saturated carbocycles. The highest BCUT2D eigenvalue weighted by atomic mass is 16.4. The average Bonchev–Trinajstić information content (AvgIpc) is 2.44. The molecule has 124 valence electrons. The van der Waals surface area contributed by atoms with Crippen molar-refractivity contribution in [2.75, 3.05) is 5.73 Å². The Balaban J connectivity index is 2.91. The Bertz CT molecular complexity index is 905. The number of aromatic amines is 1. The smallest absolute Gasteiger partial charge is 0.478 e. The molecule has 1 aromatic heterocycles. The monoisotopic (exact) mass is 332 g/mol. The van der Waals surface area contributed by atoms with E-state index in [4.69, 9.17) is 5.73 Å². The van der Waals surface area contributed by atoms with Crippen LogP contribution in [0.5, 0.6) is 0 Å². The van der Waals surface area contributed by atoms with Crippen molar-refractivity contribution in [1.29, 1.82) is 0 Å². The van der Waals surface area contributed by atoms with Crippen molar-refractivity contribution >= 4 is 30.3 Å². The van der Waals surface area contributed by atoms with Crippen LogP contribution in [0.3, 0.4) is 0 Å². The fourth-order valence-corrected chi connectivity index (χ4v) is 2.46. The van der Waals surface area contributed by atoms with Crippen LogP contribution >= 0.6 is 0 Å². The fourth-order valence-electron chi connectivity index (χ4n) is 2.46. The van der Waals surface area contributed by atoms with Gasteiger partial charge in [0, 0.05) is 5.56 Å². The molecule has 9 nitrogen and oxygen atoms in total. The van der Waals surface area contributed by atoms with Crippen LogP contribution in [-0.2, 0) is 0 Å².